The number of nitrogens with zero attached hydrogens (tertiary/aromatic N) is 1. The molecule has 2 aromatic rings. The lowest BCUT2D eigenvalue weighted by molar-refractivity contribution is 0.416. The van der Waals surface area contributed by atoms with Crippen LogP contribution in [0.15, 0.2) is 23.7 Å². The summed E-state index contributed by atoms with van der Waals surface area (Å²) in [6.07, 6.45) is 1.71. The number of hydrogen-bond donors (Lipinski definition) is 1. The molecule has 0 fully saturated rings. The quantitative estimate of drug-likeness (QED) is 0.884. The SMILES string of the molecule is CC(C)C(NCc1ncc(Cl)s1)c1cccs1. The van der Waals surface area contributed by atoms with E-state index in [0.717, 1.165) is 15.9 Å². The molecule has 0 saturated carbocycles. The minimum atomic E-state index is 0.387. The third kappa shape index (κ3) is 3.52. The van der Waals surface area contributed by atoms with Gasteiger partial charge in [0.05, 0.1) is 6.20 Å². The van der Waals surface area contributed by atoms with E-state index in [1.807, 2.05) is 0 Å². The van der Waals surface area contributed by atoms with Gasteiger partial charge >= 0.3 is 0 Å². The van der Waals surface area contributed by atoms with Crippen molar-refractivity contribution in [3.63, 3.8) is 0 Å². The summed E-state index contributed by atoms with van der Waals surface area (Å²) in [5.74, 6) is 0.559. The van der Waals surface area contributed by atoms with E-state index in [0.29, 0.717) is 12.0 Å². The van der Waals surface area contributed by atoms with Crippen LogP contribution >= 0.6 is 34.3 Å². The average Bonchev–Trinajstić information content (AvgIpc) is 2.90. The first-order valence-electron chi connectivity index (χ1n) is 5.54. The Bertz CT molecular complexity index is 451. The normalized spacial score (nSPS) is 13.2. The van der Waals surface area contributed by atoms with Crippen LogP contribution in [0.2, 0.25) is 4.34 Å². The Balaban J connectivity index is 1.99. The lowest BCUT2D eigenvalue weighted by Crippen LogP contribution is -2.24. The zero-order valence-corrected chi connectivity index (χ0v) is 12.2. The van der Waals surface area contributed by atoms with Crippen LogP contribution in [0.25, 0.3) is 0 Å². The van der Waals surface area contributed by atoms with Gasteiger partial charge in [-0.25, -0.2) is 4.98 Å². The van der Waals surface area contributed by atoms with Crippen molar-refractivity contribution in [1.82, 2.24) is 10.3 Å². The van der Waals surface area contributed by atoms with Crippen molar-refractivity contribution in [2.45, 2.75) is 26.4 Å². The fourth-order valence-electron chi connectivity index (χ4n) is 1.70. The smallest absolute Gasteiger partial charge is 0.113 e. The van der Waals surface area contributed by atoms with Crippen molar-refractivity contribution in [3.05, 3.63) is 37.9 Å². The van der Waals surface area contributed by atoms with Crippen LogP contribution in [0.5, 0.6) is 0 Å². The number of hydrogen-bond acceptors (Lipinski definition) is 4. The Hall–Kier alpha value is -0.420. The first kappa shape index (κ1) is 13.0. The molecule has 0 bridgehead atoms. The zero-order valence-electron chi connectivity index (χ0n) is 9.81. The maximum Gasteiger partial charge on any atom is 0.113 e. The predicted octanol–water partition coefficient (Wildman–Crippen LogP) is 4.34. The molecular formula is C12H15ClN2S2. The lowest BCUT2D eigenvalue weighted by Gasteiger charge is -2.20. The second kappa shape index (κ2) is 5.96. The fourth-order valence-corrected chi connectivity index (χ4v) is 3.58. The molecule has 0 aromatic carbocycles. The molecule has 1 atom stereocenters. The molecule has 1 N–H and O–H groups in total. The molecule has 92 valence electrons. The monoisotopic (exact) mass is 286 g/mol. The lowest BCUT2D eigenvalue weighted by atomic mass is 10.0. The molecule has 2 heterocycles. The van der Waals surface area contributed by atoms with Crippen molar-refractivity contribution in [2.24, 2.45) is 5.92 Å². The number of nitrogens with one attached hydrogen (secondary N) is 1. The van der Waals surface area contributed by atoms with Crippen LogP contribution in [0.1, 0.15) is 29.8 Å². The molecule has 17 heavy (non-hydrogen) atoms. The van der Waals surface area contributed by atoms with Crippen molar-refractivity contribution in [1.29, 1.82) is 0 Å². The van der Waals surface area contributed by atoms with Crippen LogP contribution in [0, 0.1) is 5.92 Å². The Labute approximate surface area is 115 Å². The summed E-state index contributed by atoms with van der Waals surface area (Å²) >= 11 is 9.20. The molecule has 0 amide bonds. The van der Waals surface area contributed by atoms with Crippen LogP contribution in [0.4, 0.5) is 0 Å². The van der Waals surface area contributed by atoms with Gasteiger partial charge in [-0.3, -0.25) is 0 Å². The minimum absolute atomic E-state index is 0.387. The molecule has 1 unspecified atom stereocenters. The fraction of sp³-hybridized carbons (Fsp3) is 0.417. The van der Waals surface area contributed by atoms with Gasteiger partial charge in [-0.05, 0) is 17.4 Å². The third-order valence-corrected chi connectivity index (χ3v) is 4.59. The van der Waals surface area contributed by atoms with Crippen LogP contribution < -0.4 is 5.32 Å². The highest BCUT2D eigenvalue weighted by atomic mass is 35.5. The molecule has 0 spiro atoms. The summed E-state index contributed by atoms with van der Waals surface area (Å²) in [7, 11) is 0. The second-order valence-electron chi connectivity index (χ2n) is 4.18. The molecule has 2 rings (SSSR count). The summed E-state index contributed by atoms with van der Waals surface area (Å²) < 4.78 is 0.749. The van der Waals surface area contributed by atoms with E-state index in [1.54, 1.807) is 17.5 Å². The van der Waals surface area contributed by atoms with E-state index in [4.69, 9.17) is 11.6 Å². The maximum absolute atomic E-state index is 5.87. The predicted molar refractivity (Wildman–Crippen MR) is 75.9 cm³/mol. The van der Waals surface area contributed by atoms with Gasteiger partial charge < -0.3 is 5.32 Å². The number of rotatable bonds is 5. The highest BCUT2D eigenvalue weighted by molar-refractivity contribution is 7.15. The second-order valence-corrected chi connectivity index (χ2v) is 6.90. The van der Waals surface area contributed by atoms with Gasteiger partial charge in [0.1, 0.15) is 9.34 Å². The Morgan fingerprint density at radius 2 is 2.29 bits per heavy atom. The molecule has 0 saturated heterocycles. The maximum atomic E-state index is 5.87. The number of halogens is 1. The topological polar surface area (TPSA) is 24.9 Å². The van der Waals surface area contributed by atoms with E-state index < -0.39 is 0 Å². The largest absolute Gasteiger partial charge is 0.303 e. The Morgan fingerprint density at radius 1 is 1.47 bits per heavy atom. The molecule has 0 aliphatic rings. The summed E-state index contributed by atoms with van der Waals surface area (Å²) in [6, 6.07) is 4.66. The van der Waals surface area contributed by atoms with Gasteiger partial charge in [0, 0.05) is 17.5 Å². The Morgan fingerprint density at radius 3 is 2.82 bits per heavy atom. The summed E-state index contributed by atoms with van der Waals surface area (Å²) in [6.45, 7) is 5.23. The Kier molecular flexibility index (Phi) is 4.56. The first-order chi connectivity index (χ1) is 8.16. The highest BCUT2D eigenvalue weighted by Gasteiger charge is 2.16. The van der Waals surface area contributed by atoms with E-state index in [9.17, 15) is 0 Å². The van der Waals surface area contributed by atoms with Gasteiger partial charge in [0.15, 0.2) is 0 Å². The molecule has 0 aliphatic heterocycles. The molecule has 0 radical (unpaired) electrons. The molecule has 5 heteroatoms. The van der Waals surface area contributed by atoms with E-state index in [-0.39, 0.29) is 0 Å². The van der Waals surface area contributed by atoms with E-state index in [2.05, 4.69) is 41.7 Å². The number of aromatic nitrogens is 1. The van der Waals surface area contributed by atoms with Crippen LogP contribution in [-0.2, 0) is 6.54 Å². The molecule has 0 aliphatic carbocycles. The average molecular weight is 287 g/mol. The molecule has 2 nitrogen and oxygen atoms in total. The standard InChI is InChI=1S/C12H15ClN2S2/c1-8(2)12(9-4-3-5-16-9)15-7-11-14-6-10(13)17-11/h3-6,8,12,15H,7H2,1-2H3. The molecule has 2 aromatic heterocycles. The van der Waals surface area contributed by atoms with Crippen molar-refractivity contribution in [3.8, 4) is 0 Å². The van der Waals surface area contributed by atoms with Gasteiger partial charge in [-0.15, -0.1) is 22.7 Å². The van der Waals surface area contributed by atoms with Gasteiger partial charge in [0.25, 0.3) is 0 Å². The summed E-state index contributed by atoms with van der Waals surface area (Å²) in [4.78, 5) is 5.63. The van der Waals surface area contributed by atoms with Crippen molar-refractivity contribution >= 4 is 34.3 Å². The number of thiophene rings is 1. The van der Waals surface area contributed by atoms with Crippen LogP contribution in [-0.4, -0.2) is 4.98 Å². The number of thiazole rings is 1. The minimum Gasteiger partial charge on any atom is -0.303 e. The van der Waals surface area contributed by atoms with Crippen LogP contribution in [0.3, 0.4) is 0 Å². The van der Waals surface area contributed by atoms with Gasteiger partial charge in [0.2, 0.25) is 0 Å². The highest BCUT2D eigenvalue weighted by Crippen LogP contribution is 2.26. The van der Waals surface area contributed by atoms with E-state index >= 15 is 0 Å². The van der Waals surface area contributed by atoms with Crippen molar-refractivity contribution < 1.29 is 0 Å². The van der Waals surface area contributed by atoms with Crippen molar-refractivity contribution in [2.75, 3.05) is 0 Å². The van der Waals surface area contributed by atoms with Gasteiger partial charge in [-0.1, -0.05) is 31.5 Å². The zero-order chi connectivity index (χ0) is 12.3. The molecular weight excluding hydrogens is 272 g/mol. The van der Waals surface area contributed by atoms with Gasteiger partial charge in [-0.2, -0.15) is 0 Å². The first-order valence-corrected chi connectivity index (χ1v) is 7.61. The van der Waals surface area contributed by atoms with E-state index in [1.165, 1.54) is 16.2 Å². The summed E-state index contributed by atoms with van der Waals surface area (Å²) in [5.41, 5.74) is 0. The summed E-state index contributed by atoms with van der Waals surface area (Å²) in [5, 5.41) is 6.71. The third-order valence-electron chi connectivity index (χ3n) is 2.51.